The quantitative estimate of drug-likeness (QED) is 0.767. The van der Waals surface area contributed by atoms with Crippen molar-refractivity contribution < 1.29 is 28.5 Å². The average Bonchev–Trinajstić information content (AvgIpc) is 3.27. The molecule has 0 unspecified atom stereocenters. The Balaban J connectivity index is 1.65. The fourth-order valence-electron chi connectivity index (χ4n) is 3.99. The second-order valence-corrected chi connectivity index (χ2v) is 6.97. The van der Waals surface area contributed by atoms with Gasteiger partial charge < -0.3 is 28.6 Å². The highest BCUT2D eigenvalue weighted by atomic mass is 16.6. The van der Waals surface area contributed by atoms with Gasteiger partial charge in [-0.25, -0.2) is 0 Å². The number of benzene rings is 2. The fraction of sp³-hybridized carbons (Fsp3) is 0.409. The minimum atomic E-state index is -0.0679. The van der Waals surface area contributed by atoms with Crippen molar-refractivity contribution in [1.29, 1.82) is 0 Å². The minimum absolute atomic E-state index is 0.0163. The molecule has 1 fully saturated rings. The fourth-order valence-corrected chi connectivity index (χ4v) is 3.99. The molecule has 2 aliphatic rings. The summed E-state index contributed by atoms with van der Waals surface area (Å²) in [5, 5.41) is 0. The maximum atomic E-state index is 13.4. The van der Waals surface area contributed by atoms with E-state index >= 15 is 0 Å². The van der Waals surface area contributed by atoms with Crippen molar-refractivity contribution in [3.8, 4) is 28.7 Å². The van der Waals surface area contributed by atoms with Crippen LogP contribution in [0.15, 0.2) is 30.3 Å². The van der Waals surface area contributed by atoms with E-state index in [-0.39, 0.29) is 11.9 Å². The molecule has 2 aromatic rings. The average molecular weight is 399 g/mol. The Hall–Kier alpha value is -3.09. The molecule has 2 aromatic carbocycles. The van der Waals surface area contributed by atoms with Gasteiger partial charge >= 0.3 is 0 Å². The van der Waals surface area contributed by atoms with Gasteiger partial charge in [-0.15, -0.1) is 0 Å². The number of nitrogens with zero attached hydrogens (tertiary/aromatic N) is 1. The SMILES string of the molecule is COc1cc(C(=O)N2CCC[C@H]2c2ccc3c(c2)OCCO3)cc(OC)c1OC. The summed E-state index contributed by atoms with van der Waals surface area (Å²) < 4.78 is 27.5. The van der Waals surface area contributed by atoms with Crippen molar-refractivity contribution in [1.82, 2.24) is 4.90 Å². The third kappa shape index (κ3) is 3.52. The van der Waals surface area contributed by atoms with Crippen LogP contribution in [0, 0.1) is 0 Å². The molecule has 0 aromatic heterocycles. The lowest BCUT2D eigenvalue weighted by Gasteiger charge is -2.27. The molecule has 1 saturated heterocycles. The maximum Gasteiger partial charge on any atom is 0.254 e. The summed E-state index contributed by atoms with van der Waals surface area (Å²) in [5.41, 5.74) is 1.55. The first-order chi connectivity index (χ1) is 14.2. The third-order valence-electron chi connectivity index (χ3n) is 5.38. The molecular formula is C22H25NO6. The van der Waals surface area contributed by atoms with Gasteiger partial charge in [-0.2, -0.15) is 0 Å². The third-order valence-corrected chi connectivity index (χ3v) is 5.38. The lowest BCUT2D eigenvalue weighted by Crippen LogP contribution is -2.30. The highest BCUT2D eigenvalue weighted by Crippen LogP contribution is 2.41. The van der Waals surface area contributed by atoms with E-state index in [9.17, 15) is 4.79 Å². The molecule has 2 aliphatic heterocycles. The van der Waals surface area contributed by atoms with Crippen LogP contribution in [0.3, 0.4) is 0 Å². The highest BCUT2D eigenvalue weighted by Gasteiger charge is 2.32. The number of amides is 1. The van der Waals surface area contributed by atoms with Crippen LogP contribution < -0.4 is 23.7 Å². The van der Waals surface area contributed by atoms with Gasteiger partial charge in [-0.1, -0.05) is 6.07 Å². The standard InChI is InChI=1S/C22H25NO6/c1-25-19-12-15(13-20(26-2)21(19)27-3)22(24)23-8-4-5-16(23)14-6-7-17-18(11-14)29-10-9-28-17/h6-7,11-13,16H,4-5,8-10H2,1-3H3/t16-/m0/s1. The molecule has 0 N–H and O–H groups in total. The van der Waals surface area contributed by atoms with Crippen molar-refractivity contribution in [2.24, 2.45) is 0 Å². The van der Waals surface area contributed by atoms with Crippen molar-refractivity contribution in [3.63, 3.8) is 0 Å². The van der Waals surface area contributed by atoms with Crippen LogP contribution in [0.4, 0.5) is 0 Å². The molecule has 2 heterocycles. The summed E-state index contributed by atoms with van der Waals surface area (Å²) in [6.45, 7) is 1.78. The Labute approximate surface area is 170 Å². The summed E-state index contributed by atoms with van der Waals surface area (Å²) in [6, 6.07) is 9.30. The number of ether oxygens (including phenoxy) is 5. The predicted octanol–water partition coefficient (Wildman–Crippen LogP) is 3.46. The van der Waals surface area contributed by atoms with E-state index in [1.54, 1.807) is 33.5 Å². The molecule has 154 valence electrons. The van der Waals surface area contributed by atoms with E-state index in [0.29, 0.717) is 42.6 Å². The summed E-state index contributed by atoms with van der Waals surface area (Å²) in [4.78, 5) is 15.3. The van der Waals surface area contributed by atoms with Crippen LogP contribution in [-0.4, -0.2) is 51.9 Å². The van der Waals surface area contributed by atoms with Gasteiger partial charge in [0.15, 0.2) is 23.0 Å². The monoisotopic (exact) mass is 399 g/mol. The largest absolute Gasteiger partial charge is 0.493 e. The summed E-state index contributed by atoms with van der Waals surface area (Å²) in [6.07, 6.45) is 1.84. The van der Waals surface area contributed by atoms with E-state index in [0.717, 1.165) is 29.9 Å². The molecule has 7 nitrogen and oxygen atoms in total. The van der Waals surface area contributed by atoms with Crippen molar-refractivity contribution in [2.75, 3.05) is 41.1 Å². The number of methoxy groups -OCH3 is 3. The van der Waals surface area contributed by atoms with E-state index < -0.39 is 0 Å². The first-order valence-electron chi connectivity index (χ1n) is 9.66. The predicted molar refractivity (Wildman–Crippen MR) is 107 cm³/mol. The zero-order valence-corrected chi connectivity index (χ0v) is 16.9. The molecule has 0 spiro atoms. The van der Waals surface area contributed by atoms with Gasteiger partial charge in [0.05, 0.1) is 27.4 Å². The lowest BCUT2D eigenvalue weighted by atomic mass is 10.0. The van der Waals surface area contributed by atoms with Gasteiger partial charge in [0.2, 0.25) is 5.75 Å². The zero-order valence-electron chi connectivity index (χ0n) is 16.9. The first kappa shape index (κ1) is 19.2. The molecule has 7 heteroatoms. The van der Waals surface area contributed by atoms with Crippen LogP contribution in [0.5, 0.6) is 28.7 Å². The molecule has 0 saturated carbocycles. The van der Waals surface area contributed by atoms with Gasteiger partial charge in [-0.3, -0.25) is 4.79 Å². The van der Waals surface area contributed by atoms with Gasteiger partial charge in [-0.05, 0) is 42.7 Å². The number of carbonyl (C=O) groups excluding carboxylic acids is 1. The Bertz CT molecular complexity index is 887. The molecule has 0 aliphatic carbocycles. The molecule has 1 amide bonds. The van der Waals surface area contributed by atoms with Crippen molar-refractivity contribution >= 4 is 5.91 Å². The van der Waals surface area contributed by atoms with E-state index in [2.05, 4.69) is 0 Å². The van der Waals surface area contributed by atoms with E-state index in [1.165, 1.54) is 0 Å². The number of fused-ring (bicyclic) bond motifs is 1. The Kier molecular flexibility index (Phi) is 5.38. The van der Waals surface area contributed by atoms with Crippen LogP contribution in [0.25, 0.3) is 0 Å². The Morgan fingerprint density at radius 3 is 2.31 bits per heavy atom. The maximum absolute atomic E-state index is 13.4. The minimum Gasteiger partial charge on any atom is -0.493 e. The first-order valence-corrected chi connectivity index (χ1v) is 9.66. The molecular weight excluding hydrogens is 374 g/mol. The summed E-state index contributed by atoms with van der Waals surface area (Å²) >= 11 is 0. The van der Waals surface area contributed by atoms with Crippen LogP contribution in [0.2, 0.25) is 0 Å². The van der Waals surface area contributed by atoms with Gasteiger partial charge in [0.1, 0.15) is 13.2 Å². The summed E-state index contributed by atoms with van der Waals surface area (Å²) in [7, 11) is 4.62. The molecule has 1 atom stereocenters. The van der Waals surface area contributed by atoms with E-state index in [1.807, 2.05) is 23.1 Å². The van der Waals surface area contributed by atoms with Gasteiger partial charge in [0.25, 0.3) is 5.91 Å². The van der Waals surface area contributed by atoms with Crippen LogP contribution in [0.1, 0.15) is 34.8 Å². The second kappa shape index (κ2) is 8.11. The van der Waals surface area contributed by atoms with E-state index in [4.69, 9.17) is 23.7 Å². The van der Waals surface area contributed by atoms with Gasteiger partial charge in [0, 0.05) is 12.1 Å². The number of hydrogen-bond donors (Lipinski definition) is 0. The molecule has 29 heavy (non-hydrogen) atoms. The molecule has 0 bridgehead atoms. The topological polar surface area (TPSA) is 66.5 Å². The van der Waals surface area contributed by atoms with Crippen molar-refractivity contribution in [2.45, 2.75) is 18.9 Å². The number of rotatable bonds is 5. The highest BCUT2D eigenvalue weighted by molar-refractivity contribution is 5.96. The number of likely N-dealkylation sites (tertiary alicyclic amines) is 1. The summed E-state index contributed by atoms with van der Waals surface area (Å²) in [5.74, 6) is 2.81. The number of hydrogen-bond acceptors (Lipinski definition) is 6. The second-order valence-electron chi connectivity index (χ2n) is 6.97. The van der Waals surface area contributed by atoms with Crippen LogP contribution in [-0.2, 0) is 0 Å². The normalized spacial score (nSPS) is 17.8. The Morgan fingerprint density at radius 2 is 1.66 bits per heavy atom. The smallest absolute Gasteiger partial charge is 0.254 e. The van der Waals surface area contributed by atoms with Crippen molar-refractivity contribution in [3.05, 3.63) is 41.5 Å². The van der Waals surface area contributed by atoms with Crippen LogP contribution >= 0.6 is 0 Å². The number of carbonyl (C=O) groups is 1. The lowest BCUT2D eigenvalue weighted by molar-refractivity contribution is 0.0734. The zero-order chi connectivity index (χ0) is 20.4. The molecule has 4 rings (SSSR count). The molecule has 0 radical (unpaired) electrons. The Morgan fingerprint density at radius 1 is 0.966 bits per heavy atom.